The fourth-order valence-electron chi connectivity index (χ4n) is 6.19. The summed E-state index contributed by atoms with van der Waals surface area (Å²) in [6.07, 6.45) is 1.04. The number of methoxy groups -OCH3 is 4. The Hall–Kier alpha value is -3.55. The summed E-state index contributed by atoms with van der Waals surface area (Å²) in [6, 6.07) is 17.8. The summed E-state index contributed by atoms with van der Waals surface area (Å²) in [4.78, 5) is 13.9. The van der Waals surface area contributed by atoms with E-state index in [-0.39, 0.29) is 30.3 Å². The number of ketones is 1. The van der Waals surface area contributed by atoms with Crippen LogP contribution in [-0.4, -0.2) is 46.4 Å². The van der Waals surface area contributed by atoms with Crippen LogP contribution in [0.5, 0.6) is 23.0 Å². The molecule has 0 bridgehead atoms. The van der Waals surface area contributed by atoms with E-state index in [2.05, 4.69) is 32.9 Å². The molecular formula is C36H46O7. The van der Waals surface area contributed by atoms with Crippen LogP contribution in [-0.2, 0) is 22.5 Å². The lowest BCUT2D eigenvalue weighted by atomic mass is 9.77. The van der Waals surface area contributed by atoms with Crippen molar-refractivity contribution in [3.63, 3.8) is 0 Å². The molecule has 0 aromatic heterocycles. The normalized spacial score (nSPS) is 21.7. The molecule has 5 unspecified atom stereocenters. The number of ether oxygens (including phenoxy) is 6. The van der Waals surface area contributed by atoms with Gasteiger partial charge in [-0.25, -0.2) is 0 Å². The van der Waals surface area contributed by atoms with E-state index in [4.69, 9.17) is 28.4 Å². The molecule has 0 saturated carbocycles. The Bertz CT molecular complexity index is 1370. The Morgan fingerprint density at radius 2 is 1.51 bits per heavy atom. The van der Waals surface area contributed by atoms with Crippen molar-refractivity contribution in [3.05, 3.63) is 82.4 Å². The van der Waals surface area contributed by atoms with E-state index in [0.717, 1.165) is 28.7 Å². The molecule has 3 aromatic rings. The Kier molecular flexibility index (Phi) is 11.1. The maximum atomic E-state index is 13.9. The molecule has 0 aliphatic carbocycles. The average Bonchev–Trinajstić information content (AvgIpc) is 3.04. The summed E-state index contributed by atoms with van der Waals surface area (Å²) in [6.45, 7) is 9.10. The van der Waals surface area contributed by atoms with Gasteiger partial charge in [-0.3, -0.25) is 4.79 Å². The molecule has 43 heavy (non-hydrogen) atoms. The van der Waals surface area contributed by atoms with Crippen molar-refractivity contribution in [2.75, 3.05) is 28.4 Å². The van der Waals surface area contributed by atoms with Crippen LogP contribution in [0.25, 0.3) is 0 Å². The van der Waals surface area contributed by atoms with Gasteiger partial charge in [-0.2, -0.15) is 0 Å². The summed E-state index contributed by atoms with van der Waals surface area (Å²) in [5, 5.41) is 0. The van der Waals surface area contributed by atoms with Gasteiger partial charge in [0.2, 0.25) is 0 Å². The zero-order valence-electron chi connectivity index (χ0n) is 26.8. The summed E-state index contributed by atoms with van der Waals surface area (Å²) in [5.74, 6) is 2.69. The van der Waals surface area contributed by atoms with E-state index in [1.807, 2.05) is 49.4 Å². The summed E-state index contributed by atoms with van der Waals surface area (Å²) >= 11 is 0. The van der Waals surface area contributed by atoms with Crippen LogP contribution in [0.4, 0.5) is 0 Å². The first-order chi connectivity index (χ1) is 20.8. The van der Waals surface area contributed by atoms with Crippen molar-refractivity contribution in [3.8, 4) is 23.0 Å². The fraction of sp³-hybridized carbons (Fsp3) is 0.472. The van der Waals surface area contributed by atoms with Gasteiger partial charge in [-0.05, 0) is 66.5 Å². The van der Waals surface area contributed by atoms with Gasteiger partial charge < -0.3 is 28.4 Å². The van der Waals surface area contributed by atoms with Crippen LogP contribution in [0.2, 0.25) is 0 Å². The van der Waals surface area contributed by atoms with Gasteiger partial charge >= 0.3 is 0 Å². The molecule has 1 fully saturated rings. The first kappa shape index (κ1) is 32.4. The molecule has 4 rings (SSSR count). The summed E-state index contributed by atoms with van der Waals surface area (Å²) < 4.78 is 36.1. The van der Waals surface area contributed by atoms with Crippen LogP contribution < -0.4 is 18.9 Å². The quantitative estimate of drug-likeness (QED) is 0.190. The van der Waals surface area contributed by atoms with Gasteiger partial charge in [0.15, 0.2) is 17.3 Å². The van der Waals surface area contributed by atoms with Crippen molar-refractivity contribution in [2.24, 2.45) is 11.8 Å². The predicted molar refractivity (Wildman–Crippen MR) is 168 cm³/mol. The minimum Gasteiger partial charge on any atom is -0.496 e. The van der Waals surface area contributed by atoms with Crippen LogP contribution in [0.15, 0.2) is 54.6 Å². The lowest BCUT2D eigenvalue weighted by Crippen LogP contribution is -2.46. The van der Waals surface area contributed by atoms with E-state index in [9.17, 15) is 4.79 Å². The second-order valence-corrected chi connectivity index (χ2v) is 11.3. The molecular weight excluding hydrogens is 544 g/mol. The molecule has 1 heterocycles. The number of benzene rings is 3. The first-order valence-electron chi connectivity index (χ1n) is 15.1. The largest absolute Gasteiger partial charge is 0.496 e. The fourth-order valence-corrected chi connectivity index (χ4v) is 6.19. The van der Waals surface area contributed by atoms with Crippen molar-refractivity contribution in [1.82, 2.24) is 0 Å². The highest BCUT2D eigenvalue weighted by molar-refractivity contribution is 6.02. The lowest BCUT2D eigenvalue weighted by molar-refractivity contribution is -0.194. The molecule has 5 atom stereocenters. The smallest absolute Gasteiger partial charge is 0.170 e. The zero-order valence-corrected chi connectivity index (χ0v) is 26.8. The molecule has 0 spiro atoms. The molecule has 0 amide bonds. The second-order valence-electron chi connectivity index (χ2n) is 11.3. The van der Waals surface area contributed by atoms with Crippen molar-refractivity contribution in [2.45, 2.75) is 71.9 Å². The third-order valence-electron chi connectivity index (χ3n) is 8.81. The molecule has 7 nitrogen and oxygen atoms in total. The molecule has 1 aliphatic heterocycles. The minimum atomic E-state index is -0.418. The van der Waals surface area contributed by atoms with E-state index in [1.54, 1.807) is 28.4 Å². The first-order valence-corrected chi connectivity index (χ1v) is 15.1. The van der Waals surface area contributed by atoms with E-state index in [0.29, 0.717) is 47.5 Å². The highest BCUT2D eigenvalue weighted by atomic mass is 16.6. The van der Waals surface area contributed by atoms with E-state index >= 15 is 0 Å². The molecule has 0 radical (unpaired) electrons. The van der Waals surface area contributed by atoms with Gasteiger partial charge in [0.1, 0.15) is 23.2 Å². The number of rotatable bonds is 13. The van der Waals surface area contributed by atoms with Gasteiger partial charge in [-0.1, -0.05) is 57.2 Å². The Balaban J connectivity index is 1.71. The number of carbonyl (C=O) groups excluding carboxylic acids is 1. The van der Waals surface area contributed by atoms with E-state index < -0.39 is 6.10 Å². The maximum Gasteiger partial charge on any atom is 0.170 e. The minimum absolute atomic E-state index is 0.0481. The van der Waals surface area contributed by atoms with Crippen molar-refractivity contribution >= 4 is 5.78 Å². The SMILES string of the molecule is CCC1OC(c2c(C)cc(OC)c(C(=O)CCc3ccc(OC)c(OC)c3)c2OC)C(OCc2ccccc2)C(C)C1C. The monoisotopic (exact) mass is 590 g/mol. The molecule has 1 saturated heterocycles. The molecule has 232 valence electrons. The summed E-state index contributed by atoms with van der Waals surface area (Å²) in [7, 11) is 6.39. The van der Waals surface area contributed by atoms with Crippen LogP contribution >= 0.6 is 0 Å². The number of hydrogen-bond acceptors (Lipinski definition) is 7. The number of hydrogen-bond donors (Lipinski definition) is 0. The lowest BCUT2D eigenvalue weighted by Gasteiger charge is -2.45. The van der Waals surface area contributed by atoms with E-state index in [1.165, 1.54) is 0 Å². The third kappa shape index (κ3) is 7.00. The zero-order chi connectivity index (χ0) is 31.1. The van der Waals surface area contributed by atoms with Crippen LogP contribution in [0.1, 0.15) is 72.3 Å². The van der Waals surface area contributed by atoms with Crippen LogP contribution in [0, 0.1) is 18.8 Å². The number of Topliss-reactive ketones (excluding diaryl/α,β-unsaturated/α-hetero) is 1. The van der Waals surface area contributed by atoms with Crippen LogP contribution in [0.3, 0.4) is 0 Å². The van der Waals surface area contributed by atoms with Gasteiger partial charge in [0, 0.05) is 12.0 Å². The van der Waals surface area contributed by atoms with Gasteiger partial charge in [0.05, 0.1) is 47.3 Å². The van der Waals surface area contributed by atoms with Gasteiger partial charge in [-0.15, -0.1) is 0 Å². The molecule has 7 heteroatoms. The average molecular weight is 591 g/mol. The second kappa shape index (κ2) is 14.8. The molecule has 3 aromatic carbocycles. The predicted octanol–water partition coefficient (Wildman–Crippen LogP) is 7.55. The van der Waals surface area contributed by atoms with Gasteiger partial charge in [0.25, 0.3) is 0 Å². The number of carbonyl (C=O) groups is 1. The Labute approximate surface area is 256 Å². The molecule has 1 aliphatic rings. The topological polar surface area (TPSA) is 72.5 Å². The number of aryl methyl sites for hydroxylation is 2. The molecule has 0 N–H and O–H groups in total. The standard InChI is InChI=1S/C36H46O7/c1-9-28-23(3)24(4)34(42-21-26-13-11-10-12-14-26)36(43-28)32-22(2)19-31(40-7)33(35(32)41-8)27(37)17-15-25-16-18-29(38-5)30(20-25)39-6/h10-14,16,18-20,23-24,28,34,36H,9,15,17,21H2,1-8H3. The highest BCUT2D eigenvalue weighted by Crippen LogP contribution is 2.48. The maximum absolute atomic E-state index is 13.9. The Morgan fingerprint density at radius 3 is 2.14 bits per heavy atom. The third-order valence-corrected chi connectivity index (χ3v) is 8.81. The highest BCUT2D eigenvalue weighted by Gasteiger charge is 2.44. The van der Waals surface area contributed by atoms with Crippen molar-refractivity contribution < 1.29 is 33.2 Å². The Morgan fingerprint density at radius 1 is 0.814 bits per heavy atom. The summed E-state index contributed by atoms with van der Waals surface area (Å²) in [5.41, 5.74) is 4.27. The van der Waals surface area contributed by atoms with Crippen molar-refractivity contribution in [1.29, 1.82) is 0 Å².